The highest BCUT2D eigenvalue weighted by molar-refractivity contribution is 5.81. The van der Waals surface area contributed by atoms with E-state index < -0.39 is 4.92 Å². The number of pyridine rings is 1. The molecular formula is C18H19N5O5. The normalized spacial score (nSPS) is 10.7. The van der Waals surface area contributed by atoms with Crippen molar-refractivity contribution in [3.63, 3.8) is 0 Å². The van der Waals surface area contributed by atoms with E-state index in [1.165, 1.54) is 32.5 Å². The van der Waals surface area contributed by atoms with Gasteiger partial charge in [-0.15, -0.1) is 0 Å². The fourth-order valence-corrected chi connectivity index (χ4v) is 2.88. The Labute approximate surface area is 159 Å². The van der Waals surface area contributed by atoms with Crippen LogP contribution in [0.25, 0.3) is 10.9 Å². The molecule has 28 heavy (non-hydrogen) atoms. The van der Waals surface area contributed by atoms with Crippen molar-refractivity contribution in [3.8, 4) is 11.5 Å². The van der Waals surface area contributed by atoms with Crippen molar-refractivity contribution < 1.29 is 14.4 Å². The first kappa shape index (κ1) is 19.1. The van der Waals surface area contributed by atoms with Gasteiger partial charge in [0.15, 0.2) is 11.5 Å². The molecule has 0 atom stereocenters. The molecule has 2 heterocycles. The molecule has 0 bridgehead atoms. The van der Waals surface area contributed by atoms with Crippen molar-refractivity contribution >= 4 is 22.4 Å². The number of aromatic nitrogens is 3. The summed E-state index contributed by atoms with van der Waals surface area (Å²) in [5.41, 5.74) is -0.0191. The van der Waals surface area contributed by atoms with Gasteiger partial charge in [0, 0.05) is 24.9 Å². The number of hydrogen-bond acceptors (Lipinski definition) is 8. The zero-order valence-corrected chi connectivity index (χ0v) is 15.6. The quantitative estimate of drug-likeness (QED) is 0.485. The third-order valence-electron chi connectivity index (χ3n) is 4.24. The standard InChI is InChI=1S/C18H19N5O5/c1-4-22(17-13(23(25)26)6-5-7-19-17)10-16-20-12-9-15(28-3)14(27-2)8-11(12)18(24)21-16/h5-9H,4,10H2,1-3H3,(H,20,21,24). The molecule has 146 valence electrons. The van der Waals surface area contributed by atoms with Crippen LogP contribution in [-0.2, 0) is 6.54 Å². The van der Waals surface area contributed by atoms with Crippen molar-refractivity contribution in [3.05, 3.63) is 56.8 Å². The molecule has 0 fully saturated rings. The molecule has 3 aromatic rings. The Balaban J connectivity index is 2.04. The lowest BCUT2D eigenvalue weighted by atomic mass is 10.2. The van der Waals surface area contributed by atoms with Gasteiger partial charge in [-0.1, -0.05) is 0 Å². The topological polar surface area (TPSA) is 123 Å². The summed E-state index contributed by atoms with van der Waals surface area (Å²) in [6.07, 6.45) is 1.48. The maximum Gasteiger partial charge on any atom is 0.311 e. The Kier molecular flexibility index (Phi) is 5.39. The molecule has 0 saturated carbocycles. The minimum atomic E-state index is -0.487. The van der Waals surface area contributed by atoms with Gasteiger partial charge < -0.3 is 19.4 Å². The number of ether oxygens (including phenoxy) is 2. The van der Waals surface area contributed by atoms with Crippen molar-refractivity contribution in [1.82, 2.24) is 15.0 Å². The summed E-state index contributed by atoms with van der Waals surface area (Å²) >= 11 is 0. The number of hydrogen-bond donors (Lipinski definition) is 1. The third kappa shape index (κ3) is 3.56. The lowest BCUT2D eigenvalue weighted by Gasteiger charge is -2.21. The summed E-state index contributed by atoms with van der Waals surface area (Å²) in [7, 11) is 2.98. The number of H-pyrrole nitrogens is 1. The molecule has 0 aliphatic heterocycles. The number of nitrogens with zero attached hydrogens (tertiary/aromatic N) is 4. The van der Waals surface area contributed by atoms with E-state index in [0.717, 1.165) is 0 Å². The third-order valence-corrected chi connectivity index (χ3v) is 4.24. The summed E-state index contributed by atoms with van der Waals surface area (Å²) in [5, 5.41) is 11.6. The fraction of sp³-hybridized carbons (Fsp3) is 0.278. The number of nitrogens with one attached hydrogen (secondary N) is 1. The van der Waals surface area contributed by atoms with E-state index in [1.807, 2.05) is 6.92 Å². The van der Waals surface area contributed by atoms with Crippen LogP contribution in [0.2, 0.25) is 0 Å². The van der Waals surface area contributed by atoms with Crippen molar-refractivity contribution in [2.75, 3.05) is 25.7 Å². The molecule has 2 aromatic heterocycles. The molecule has 1 aromatic carbocycles. The Morgan fingerprint density at radius 3 is 2.61 bits per heavy atom. The highest BCUT2D eigenvalue weighted by Gasteiger charge is 2.21. The van der Waals surface area contributed by atoms with E-state index in [2.05, 4.69) is 15.0 Å². The molecule has 0 radical (unpaired) electrons. The van der Waals surface area contributed by atoms with Crippen LogP contribution >= 0.6 is 0 Å². The van der Waals surface area contributed by atoms with Gasteiger partial charge in [0.05, 0.1) is 36.6 Å². The van der Waals surface area contributed by atoms with Gasteiger partial charge in [-0.05, 0) is 19.1 Å². The van der Waals surface area contributed by atoms with Gasteiger partial charge in [0.25, 0.3) is 5.56 Å². The van der Waals surface area contributed by atoms with Crippen LogP contribution in [-0.4, -0.2) is 40.6 Å². The Morgan fingerprint density at radius 2 is 1.96 bits per heavy atom. The van der Waals surface area contributed by atoms with Crippen LogP contribution in [0.3, 0.4) is 0 Å². The molecule has 0 unspecified atom stereocenters. The first-order valence-corrected chi connectivity index (χ1v) is 8.47. The van der Waals surface area contributed by atoms with Gasteiger partial charge in [-0.3, -0.25) is 14.9 Å². The Bertz CT molecular complexity index is 1080. The Hall–Kier alpha value is -3.69. The average Bonchev–Trinajstić information content (AvgIpc) is 2.71. The van der Waals surface area contributed by atoms with Crippen LogP contribution < -0.4 is 19.9 Å². The van der Waals surface area contributed by atoms with E-state index in [9.17, 15) is 14.9 Å². The number of methoxy groups -OCH3 is 2. The molecule has 0 aliphatic rings. The van der Waals surface area contributed by atoms with Gasteiger partial charge in [-0.2, -0.15) is 0 Å². The zero-order valence-electron chi connectivity index (χ0n) is 15.6. The van der Waals surface area contributed by atoms with Crippen LogP contribution in [0, 0.1) is 10.1 Å². The van der Waals surface area contributed by atoms with Crippen LogP contribution in [0.1, 0.15) is 12.7 Å². The van der Waals surface area contributed by atoms with Gasteiger partial charge >= 0.3 is 5.69 Å². The van der Waals surface area contributed by atoms with Gasteiger partial charge in [-0.25, -0.2) is 9.97 Å². The average molecular weight is 385 g/mol. The second-order valence-corrected chi connectivity index (χ2v) is 5.85. The van der Waals surface area contributed by atoms with Crippen molar-refractivity contribution in [1.29, 1.82) is 0 Å². The second kappa shape index (κ2) is 7.91. The smallest absolute Gasteiger partial charge is 0.311 e. The summed E-state index contributed by atoms with van der Waals surface area (Å²) < 4.78 is 10.5. The lowest BCUT2D eigenvalue weighted by Crippen LogP contribution is -2.26. The fourth-order valence-electron chi connectivity index (χ4n) is 2.88. The predicted octanol–water partition coefficient (Wildman–Crippen LogP) is 2.27. The molecular weight excluding hydrogens is 366 g/mol. The summed E-state index contributed by atoms with van der Waals surface area (Å²) in [6.45, 7) is 2.42. The molecule has 0 spiro atoms. The minimum absolute atomic E-state index is 0.112. The maximum atomic E-state index is 12.5. The van der Waals surface area contributed by atoms with Crippen LogP contribution in [0.4, 0.5) is 11.5 Å². The molecule has 10 heteroatoms. The Morgan fingerprint density at radius 1 is 1.25 bits per heavy atom. The first-order chi connectivity index (χ1) is 13.5. The zero-order chi connectivity index (χ0) is 20.3. The number of fused-ring (bicyclic) bond motifs is 1. The number of nitro groups is 1. The molecule has 0 amide bonds. The van der Waals surface area contributed by atoms with E-state index >= 15 is 0 Å². The number of benzene rings is 1. The predicted molar refractivity (Wildman–Crippen MR) is 103 cm³/mol. The molecule has 10 nitrogen and oxygen atoms in total. The lowest BCUT2D eigenvalue weighted by molar-refractivity contribution is -0.384. The summed E-state index contributed by atoms with van der Waals surface area (Å²) in [6, 6.07) is 6.07. The van der Waals surface area contributed by atoms with E-state index in [4.69, 9.17) is 9.47 Å². The molecule has 0 aliphatic carbocycles. The van der Waals surface area contributed by atoms with Crippen LogP contribution in [0.5, 0.6) is 11.5 Å². The van der Waals surface area contributed by atoms with E-state index in [1.54, 1.807) is 17.0 Å². The van der Waals surface area contributed by atoms with E-state index in [-0.39, 0.29) is 23.6 Å². The number of aromatic amines is 1. The van der Waals surface area contributed by atoms with Crippen molar-refractivity contribution in [2.45, 2.75) is 13.5 Å². The molecule has 1 N–H and O–H groups in total. The largest absolute Gasteiger partial charge is 0.493 e. The minimum Gasteiger partial charge on any atom is -0.493 e. The number of rotatable bonds is 7. The monoisotopic (exact) mass is 385 g/mol. The van der Waals surface area contributed by atoms with Crippen molar-refractivity contribution in [2.24, 2.45) is 0 Å². The van der Waals surface area contributed by atoms with Gasteiger partial charge in [0.2, 0.25) is 5.82 Å². The second-order valence-electron chi connectivity index (χ2n) is 5.85. The summed E-state index contributed by atoms with van der Waals surface area (Å²) in [5.74, 6) is 1.44. The van der Waals surface area contributed by atoms with Crippen LogP contribution in [0.15, 0.2) is 35.3 Å². The molecule has 0 saturated heterocycles. The number of anilines is 1. The summed E-state index contributed by atoms with van der Waals surface area (Å²) in [4.78, 5) is 36.3. The highest BCUT2D eigenvalue weighted by Crippen LogP contribution is 2.30. The molecule has 3 rings (SSSR count). The maximum absolute atomic E-state index is 12.5. The van der Waals surface area contributed by atoms with Gasteiger partial charge in [0.1, 0.15) is 5.82 Å². The van der Waals surface area contributed by atoms with E-state index in [0.29, 0.717) is 34.8 Å². The first-order valence-electron chi connectivity index (χ1n) is 8.47. The highest BCUT2D eigenvalue weighted by atomic mass is 16.6. The SMILES string of the molecule is CCN(Cc1nc2cc(OC)c(OC)cc2c(=O)[nH]1)c1ncccc1[N+](=O)[O-].